The smallest absolute Gasteiger partial charge is 0.149 e. The van der Waals surface area contributed by atoms with Gasteiger partial charge in [0.25, 0.3) is 0 Å². The van der Waals surface area contributed by atoms with Gasteiger partial charge in [-0.15, -0.1) is 11.3 Å². The van der Waals surface area contributed by atoms with Crippen LogP contribution in [0, 0.1) is 6.92 Å². The minimum Gasteiger partial charge on any atom is -0.303 e. The van der Waals surface area contributed by atoms with Gasteiger partial charge < -0.3 is 5.32 Å². The molecule has 0 spiro atoms. The van der Waals surface area contributed by atoms with Crippen LogP contribution >= 0.6 is 22.9 Å². The van der Waals surface area contributed by atoms with E-state index in [-0.39, 0.29) is 6.04 Å². The Morgan fingerprint density at radius 1 is 1.56 bits per heavy atom. The van der Waals surface area contributed by atoms with Crippen LogP contribution in [0.15, 0.2) is 11.7 Å². The Bertz CT molecular complexity index is 520. The van der Waals surface area contributed by atoms with E-state index in [1.807, 2.05) is 14.0 Å². The van der Waals surface area contributed by atoms with Crippen LogP contribution in [0.3, 0.4) is 0 Å². The summed E-state index contributed by atoms with van der Waals surface area (Å²) in [6, 6.07) is 0.0173. The lowest BCUT2D eigenvalue weighted by molar-refractivity contribution is 0.548. The molecule has 0 amide bonds. The summed E-state index contributed by atoms with van der Waals surface area (Å²) < 4.78 is 1.79. The fourth-order valence-electron chi connectivity index (χ4n) is 1.80. The molecule has 6 heteroatoms. The highest BCUT2D eigenvalue weighted by atomic mass is 35.5. The monoisotopic (exact) mass is 284 g/mol. The summed E-state index contributed by atoms with van der Waals surface area (Å²) in [5, 5.41) is 10.5. The molecule has 0 fully saturated rings. The van der Waals surface area contributed by atoms with Crippen molar-refractivity contribution in [3.8, 4) is 0 Å². The van der Waals surface area contributed by atoms with Crippen LogP contribution in [0.1, 0.15) is 35.7 Å². The molecule has 0 saturated carbocycles. The zero-order valence-electron chi connectivity index (χ0n) is 10.8. The normalized spacial score (nSPS) is 12.9. The van der Waals surface area contributed by atoms with E-state index in [1.165, 1.54) is 0 Å². The van der Waals surface area contributed by atoms with Crippen molar-refractivity contribution in [1.29, 1.82) is 0 Å². The number of nitrogens with zero attached hydrogens (tertiary/aromatic N) is 3. The van der Waals surface area contributed by atoms with Gasteiger partial charge in [0.1, 0.15) is 18.2 Å². The predicted molar refractivity (Wildman–Crippen MR) is 75.2 cm³/mol. The lowest BCUT2D eigenvalue weighted by atomic mass is 10.2. The Hall–Kier alpha value is -0.910. The molecule has 18 heavy (non-hydrogen) atoms. The average molecular weight is 285 g/mol. The molecule has 0 saturated heterocycles. The first-order valence-electron chi connectivity index (χ1n) is 5.95. The molecule has 2 aromatic rings. The Morgan fingerprint density at radius 3 is 2.83 bits per heavy atom. The van der Waals surface area contributed by atoms with Gasteiger partial charge in [0.2, 0.25) is 0 Å². The number of thiophene rings is 1. The number of rotatable bonds is 5. The molecule has 0 aliphatic heterocycles. The van der Waals surface area contributed by atoms with E-state index in [0.717, 1.165) is 34.3 Å². The van der Waals surface area contributed by atoms with E-state index < -0.39 is 0 Å². The lowest BCUT2D eigenvalue weighted by Crippen LogP contribution is -2.25. The molecule has 2 heterocycles. The Kier molecular flexibility index (Phi) is 4.37. The third-order valence-electron chi connectivity index (χ3n) is 2.79. The molecule has 98 valence electrons. The highest BCUT2D eigenvalue weighted by molar-refractivity contribution is 7.10. The quantitative estimate of drug-likeness (QED) is 0.918. The van der Waals surface area contributed by atoms with Crippen molar-refractivity contribution in [2.75, 3.05) is 6.54 Å². The number of halogens is 1. The van der Waals surface area contributed by atoms with Gasteiger partial charge >= 0.3 is 0 Å². The molecular weight excluding hydrogens is 268 g/mol. The first kappa shape index (κ1) is 13.5. The molecule has 2 aromatic heterocycles. The Morgan fingerprint density at radius 2 is 2.33 bits per heavy atom. The summed E-state index contributed by atoms with van der Waals surface area (Å²) in [5.41, 5.74) is 1.11. The van der Waals surface area contributed by atoms with Gasteiger partial charge in [-0.05, 0) is 30.8 Å². The van der Waals surface area contributed by atoms with E-state index in [9.17, 15) is 0 Å². The van der Waals surface area contributed by atoms with Crippen molar-refractivity contribution < 1.29 is 0 Å². The van der Waals surface area contributed by atoms with Crippen molar-refractivity contribution in [3.63, 3.8) is 0 Å². The molecule has 0 aliphatic carbocycles. The first-order valence-corrected chi connectivity index (χ1v) is 7.21. The molecule has 0 bridgehead atoms. The molecular formula is C12H17ClN4S. The predicted octanol–water partition coefficient (Wildman–Crippen LogP) is 2.93. The first-order chi connectivity index (χ1) is 8.65. The largest absolute Gasteiger partial charge is 0.303 e. The molecule has 4 nitrogen and oxygen atoms in total. The topological polar surface area (TPSA) is 42.7 Å². The van der Waals surface area contributed by atoms with Crippen molar-refractivity contribution in [2.24, 2.45) is 7.05 Å². The molecule has 2 rings (SSSR count). The van der Waals surface area contributed by atoms with Crippen molar-refractivity contribution in [3.05, 3.63) is 33.0 Å². The van der Waals surface area contributed by atoms with Gasteiger partial charge in [-0.3, -0.25) is 4.68 Å². The fourth-order valence-corrected chi connectivity index (χ4v) is 3.17. The minimum atomic E-state index is 0.0173. The standard InChI is InChI=1S/C12H17ClN4S/c1-4-5-14-10(12-15-7-16-17(12)3)11-9(13)8(2)6-18-11/h6-7,10,14H,4-5H2,1-3H3. The zero-order valence-corrected chi connectivity index (χ0v) is 12.3. The maximum absolute atomic E-state index is 6.36. The van der Waals surface area contributed by atoms with Crippen LogP contribution in [0.2, 0.25) is 5.02 Å². The third-order valence-corrected chi connectivity index (χ3v) is 4.57. The van der Waals surface area contributed by atoms with Crippen molar-refractivity contribution >= 4 is 22.9 Å². The second kappa shape index (κ2) is 5.82. The van der Waals surface area contributed by atoms with Gasteiger partial charge in [0, 0.05) is 11.9 Å². The number of hydrogen-bond acceptors (Lipinski definition) is 4. The second-order valence-electron chi connectivity index (χ2n) is 4.23. The van der Waals surface area contributed by atoms with E-state index in [0.29, 0.717) is 0 Å². The lowest BCUT2D eigenvalue weighted by Gasteiger charge is -2.16. The van der Waals surface area contributed by atoms with Gasteiger partial charge in [-0.1, -0.05) is 18.5 Å². The van der Waals surface area contributed by atoms with E-state index in [4.69, 9.17) is 11.6 Å². The summed E-state index contributed by atoms with van der Waals surface area (Å²) in [6.45, 7) is 5.09. The second-order valence-corrected chi connectivity index (χ2v) is 5.52. The van der Waals surface area contributed by atoms with Crippen LogP contribution < -0.4 is 5.32 Å². The highest BCUT2D eigenvalue weighted by Gasteiger charge is 2.23. The molecule has 1 atom stereocenters. The van der Waals surface area contributed by atoms with Crippen molar-refractivity contribution in [2.45, 2.75) is 26.3 Å². The number of hydrogen-bond donors (Lipinski definition) is 1. The molecule has 1 unspecified atom stereocenters. The van der Waals surface area contributed by atoms with Crippen LogP contribution in [0.4, 0.5) is 0 Å². The number of aryl methyl sites for hydroxylation is 2. The Labute approximate surface area is 116 Å². The van der Waals surface area contributed by atoms with Crippen LogP contribution in [0.25, 0.3) is 0 Å². The summed E-state index contributed by atoms with van der Waals surface area (Å²) in [4.78, 5) is 5.44. The minimum absolute atomic E-state index is 0.0173. The average Bonchev–Trinajstić information content (AvgIpc) is 2.91. The highest BCUT2D eigenvalue weighted by Crippen LogP contribution is 2.34. The van der Waals surface area contributed by atoms with Gasteiger partial charge in [-0.2, -0.15) is 5.10 Å². The third kappa shape index (κ3) is 2.58. The maximum Gasteiger partial charge on any atom is 0.149 e. The van der Waals surface area contributed by atoms with E-state index in [1.54, 1.807) is 22.3 Å². The van der Waals surface area contributed by atoms with Crippen LogP contribution in [0.5, 0.6) is 0 Å². The zero-order chi connectivity index (χ0) is 13.1. The summed E-state index contributed by atoms with van der Waals surface area (Å²) >= 11 is 8.03. The van der Waals surface area contributed by atoms with Crippen LogP contribution in [-0.2, 0) is 7.05 Å². The Balaban J connectivity index is 2.37. The summed E-state index contributed by atoms with van der Waals surface area (Å²) in [7, 11) is 1.90. The number of nitrogens with one attached hydrogen (secondary N) is 1. The van der Waals surface area contributed by atoms with Crippen molar-refractivity contribution in [1.82, 2.24) is 20.1 Å². The molecule has 0 radical (unpaired) electrons. The van der Waals surface area contributed by atoms with Gasteiger partial charge in [0.15, 0.2) is 0 Å². The molecule has 0 aliphatic rings. The molecule has 0 aromatic carbocycles. The van der Waals surface area contributed by atoms with Gasteiger partial charge in [0.05, 0.1) is 5.02 Å². The fraction of sp³-hybridized carbons (Fsp3) is 0.500. The maximum atomic E-state index is 6.36. The number of aromatic nitrogens is 3. The van der Waals surface area contributed by atoms with Crippen LogP contribution in [-0.4, -0.2) is 21.3 Å². The van der Waals surface area contributed by atoms with E-state index >= 15 is 0 Å². The van der Waals surface area contributed by atoms with Gasteiger partial charge in [-0.25, -0.2) is 4.98 Å². The molecule has 1 N–H and O–H groups in total. The summed E-state index contributed by atoms with van der Waals surface area (Å²) in [5.74, 6) is 0.896. The SMILES string of the molecule is CCCNC(c1scc(C)c1Cl)c1ncnn1C. The summed E-state index contributed by atoms with van der Waals surface area (Å²) in [6.07, 6.45) is 2.64. The van der Waals surface area contributed by atoms with E-state index in [2.05, 4.69) is 27.7 Å².